The number of esters is 1. The van der Waals surface area contributed by atoms with Gasteiger partial charge in [0, 0.05) is 13.0 Å². The molecule has 0 spiro atoms. The van der Waals surface area contributed by atoms with Crippen LogP contribution in [0.4, 0.5) is 0 Å². The summed E-state index contributed by atoms with van der Waals surface area (Å²) in [6.07, 6.45) is 1.43. The number of nitriles is 1. The molecule has 6 heteroatoms. The summed E-state index contributed by atoms with van der Waals surface area (Å²) in [5.41, 5.74) is 0.368. The minimum atomic E-state index is -0.519. The van der Waals surface area contributed by atoms with Gasteiger partial charge in [-0.1, -0.05) is 12.1 Å². The largest absolute Gasteiger partial charge is 0.481 e. The van der Waals surface area contributed by atoms with E-state index in [2.05, 4.69) is 0 Å². The Morgan fingerprint density at radius 1 is 1.38 bits per heavy atom. The van der Waals surface area contributed by atoms with Crippen LogP contribution in [0.3, 0.4) is 0 Å². The first kappa shape index (κ1) is 14.9. The van der Waals surface area contributed by atoms with Crippen LogP contribution in [-0.4, -0.2) is 43.1 Å². The predicted molar refractivity (Wildman–Crippen MR) is 73.4 cm³/mol. The first-order chi connectivity index (χ1) is 10.2. The fraction of sp³-hybridized carbons (Fsp3) is 0.400. The fourth-order valence-electron chi connectivity index (χ4n) is 2.07. The third-order valence-corrected chi connectivity index (χ3v) is 3.15. The van der Waals surface area contributed by atoms with Gasteiger partial charge in [-0.15, -0.1) is 0 Å². The normalized spacial score (nSPS) is 13.9. The van der Waals surface area contributed by atoms with Gasteiger partial charge in [-0.05, 0) is 18.6 Å². The highest BCUT2D eigenvalue weighted by Gasteiger charge is 2.19. The van der Waals surface area contributed by atoms with E-state index in [1.807, 2.05) is 6.07 Å². The Balaban J connectivity index is 1.70. The van der Waals surface area contributed by atoms with E-state index in [0.29, 0.717) is 24.3 Å². The molecule has 0 unspecified atom stereocenters. The molecule has 1 amide bonds. The van der Waals surface area contributed by atoms with Gasteiger partial charge < -0.3 is 14.4 Å². The lowest BCUT2D eigenvalue weighted by atomic mass is 10.2. The van der Waals surface area contributed by atoms with Gasteiger partial charge in [-0.3, -0.25) is 4.79 Å². The molecule has 1 heterocycles. The van der Waals surface area contributed by atoms with Gasteiger partial charge in [-0.25, -0.2) is 4.79 Å². The minimum Gasteiger partial charge on any atom is -0.481 e. The van der Waals surface area contributed by atoms with E-state index >= 15 is 0 Å². The van der Waals surface area contributed by atoms with Crippen molar-refractivity contribution in [1.82, 2.24) is 4.90 Å². The average molecular weight is 288 g/mol. The van der Waals surface area contributed by atoms with Crippen LogP contribution in [0.5, 0.6) is 5.75 Å². The zero-order chi connectivity index (χ0) is 15.1. The van der Waals surface area contributed by atoms with E-state index < -0.39 is 5.97 Å². The van der Waals surface area contributed by atoms with Gasteiger partial charge in [0.2, 0.25) is 5.91 Å². The zero-order valence-electron chi connectivity index (χ0n) is 11.6. The summed E-state index contributed by atoms with van der Waals surface area (Å²) >= 11 is 0. The van der Waals surface area contributed by atoms with Gasteiger partial charge in [0.15, 0.2) is 6.61 Å². The number of hydrogen-bond donors (Lipinski definition) is 0. The van der Waals surface area contributed by atoms with E-state index in [-0.39, 0.29) is 19.1 Å². The van der Waals surface area contributed by atoms with Crippen molar-refractivity contribution in [3.05, 3.63) is 29.8 Å². The quantitative estimate of drug-likeness (QED) is 0.732. The number of likely N-dealkylation sites (tertiary alicyclic amines) is 1. The summed E-state index contributed by atoms with van der Waals surface area (Å²) < 4.78 is 10.3. The van der Waals surface area contributed by atoms with Crippen molar-refractivity contribution in [3.8, 4) is 11.8 Å². The molecule has 1 saturated heterocycles. The van der Waals surface area contributed by atoms with E-state index in [1.54, 1.807) is 29.2 Å². The second-order valence-electron chi connectivity index (χ2n) is 4.60. The number of para-hydroxylation sites is 1. The average Bonchev–Trinajstić information content (AvgIpc) is 2.91. The molecule has 0 bridgehead atoms. The van der Waals surface area contributed by atoms with Crippen LogP contribution in [-0.2, 0) is 14.3 Å². The number of amides is 1. The number of hydrogen-bond acceptors (Lipinski definition) is 5. The van der Waals surface area contributed by atoms with Crippen LogP contribution in [0.15, 0.2) is 24.3 Å². The molecule has 1 fully saturated rings. The summed E-state index contributed by atoms with van der Waals surface area (Å²) in [7, 11) is 0. The van der Waals surface area contributed by atoms with E-state index in [9.17, 15) is 9.59 Å². The maximum absolute atomic E-state index is 11.5. The zero-order valence-corrected chi connectivity index (χ0v) is 11.6. The Hall–Kier alpha value is -2.55. The van der Waals surface area contributed by atoms with Crippen LogP contribution in [0.25, 0.3) is 0 Å². The molecule has 0 aliphatic carbocycles. The Morgan fingerprint density at radius 3 is 2.90 bits per heavy atom. The van der Waals surface area contributed by atoms with Gasteiger partial charge in [0.1, 0.15) is 18.4 Å². The molecule has 1 aliphatic rings. The van der Waals surface area contributed by atoms with Crippen LogP contribution in [0, 0.1) is 11.3 Å². The van der Waals surface area contributed by atoms with E-state index in [0.717, 1.165) is 13.0 Å². The maximum Gasteiger partial charge on any atom is 0.344 e. The molecule has 1 aromatic carbocycles. The molecule has 6 nitrogen and oxygen atoms in total. The Labute approximate surface area is 122 Å². The molecule has 2 rings (SSSR count). The van der Waals surface area contributed by atoms with Gasteiger partial charge in [-0.2, -0.15) is 5.26 Å². The van der Waals surface area contributed by atoms with Gasteiger partial charge >= 0.3 is 5.97 Å². The second kappa shape index (κ2) is 7.29. The van der Waals surface area contributed by atoms with Gasteiger partial charge in [0.05, 0.1) is 12.1 Å². The molecular weight excluding hydrogens is 272 g/mol. The lowest BCUT2D eigenvalue weighted by Crippen LogP contribution is -2.30. The van der Waals surface area contributed by atoms with Crippen molar-refractivity contribution >= 4 is 11.9 Å². The monoisotopic (exact) mass is 288 g/mol. The number of nitrogens with zero attached hydrogens (tertiary/aromatic N) is 2. The van der Waals surface area contributed by atoms with Crippen LogP contribution < -0.4 is 4.74 Å². The number of benzene rings is 1. The molecule has 0 saturated carbocycles. The summed E-state index contributed by atoms with van der Waals surface area (Å²) in [6.45, 7) is 1.04. The van der Waals surface area contributed by atoms with Crippen LogP contribution in [0.1, 0.15) is 18.4 Å². The fourth-order valence-corrected chi connectivity index (χ4v) is 2.07. The molecule has 1 aromatic rings. The van der Waals surface area contributed by atoms with E-state index in [1.165, 1.54) is 0 Å². The van der Waals surface area contributed by atoms with Crippen LogP contribution in [0.2, 0.25) is 0 Å². The molecule has 0 aromatic heterocycles. The summed E-state index contributed by atoms with van der Waals surface area (Å²) in [6, 6.07) is 8.66. The maximum atomic E-state index is 11.5. The van der Waals surface area contributed by atoms with Crippen molar-refractivity contribution in [3.63, 3.8) is 0 Å². The first-order valence-corrected chi connectivity index (χ1v) is 6.76. The highest BCUT2D eigenvalue weighted by molar-refractivity contribution is 5.78. The molecule has 110 valence electrons. The first-order valence-electron chi connectivity index (χ1n) is 6.76. The molecule has 0 N–H and O–H groups in total. The molecule has 0 radical (unpaired) electrons. The summed E-state index contributed by atoms with van der Waals surface area (Å²) in [5.74, 6) is -0.0636. The Morgan fingerprint density at radius 2 is 2.19 bits per heavy atom. The summed E-state index contributed by atoms with van der Waals surface area (Å²) in [5, 5.41) is 8.89. The van der Waals surface area contributed by atoms with Crippen molar-refractivity contribution in [1.29, 1.82) is 5.26 Å². The third kappa shape index (κ3) is 4.21. The standard InChI is InChI=1S/C15H16N2O4/c16-10-12-4-1-2-5-13(12)21-11-15(19)20-9-8-17-7-3-6-14(17)18/h1-2,4-5H,3,6-9,11H2. The Kier molecular flexibility index (Phi) is 5.16. The SMILES string of the molecule is N#Cc1ccccc1OCC(=O)OCCN1CCCC1=O. The predicted octanol–water partition coefficient (Wildman–Crippen LogP) is 1.10. The van der Waals surface area contributed by atoms with Crippen molar-refractivity contribution in [2.24, 2.45) is 0 Å². The molecule has 1 aliphatic heterocycles. The van der Waals surface area contributed by atoms with Crippen molar-refractivity contribution < 1.29 is 19.1 Å². The highest BCUT2D eigenvalue weighted by Crippen LogP contribution is 2.16. The van der Waals surface area contributed by atoms with Crippen molar-refractivity contribution in [2.75, 3.05) is 26.3 Å². The van der Waals surface area contributed by atoms with Crippen molar-refractivity contribution in [2.45, 2.75) is 12.8 Å². The number of ether oxygens (including phenoxy) is 2. The number of carbonyl (C=O) groups excluding carboxylic acids is 2. The topological polar surface area (TPSA) is 79.6 Å². The van der Waals surface area contributed by atoms with E-state index in [4.69, 9.17) is 14.7 Å². The lowest BCUT2D eigenvalue weighted by Gasteiger charge is -2.15. The van der Waals surface area contributed by atoms with Gasteiger partial charge in [0.25, 0.3) is 0 Å². The highest BCUT2D eigenvalue weighted by atomic mass is 16.6. The second-order valence-corrected chi connectivity index (χ2v) is 4.60. The molecule has 0 atom stereocenters. The molecule has 21 heavy (non-hydrogen) atoms. The number of rotatable bonds is 6. The molecular formula is C15H16N2O4. The number of carbonyl (C=O) groups is 2. The smallest absolute Gasteiger partial charge is 0.344 e. The Bertz CT molecular complexity index is 565. The van der Waals surface area contributed by atoms with Crippen LogP contribution >= 0.6 is 0 Å². The third-order valence-electron chi connectivity index (χ3n) is 3.15. The minimum absolute atomic E-state index is 0.102. The summed E-state index contributed by atoms with van der Waals surface area (Å²) in [4.78, 5) is 24.6. The lowest BCUT2D eigenvalue weighted by molar-refractivity contribution is -0.147.